The predicted molar refractivity (Wildman–Crippen MR) is 91.2 cm³/mol. The van der Waals surface area contributed by atoms with Crippen molar-refractivity contribution in [3.05, 3.63) is 65.7 Å². The van der Waals surface area contributed by atoms with E-state index in [2.05, 4.69) is 17.2 Å². The molecule has 0 radical (unpaired) electrons. The molecule has 0 aliphatic carbocycles. The monoisotopic (exact) mass is 308 g/mol. The maximum absolute atomic E-state index is 12.0. The summed E-state index contributed by atoms with van der Waals surface area (Å²) in [4.78, 5) is 13.6. The fourth-order valence-corrected chi connectivity index (χ4v) is 2.04. The highest BCUT2D eigenvalue weighted by Crippen LogP contribution is 2.13. The Hall–Kier alpha value is -2.93. The van der Waals surface area contributed by atoms with E-state index in [1.807, 2.05) is 54.6 Å². The molecule has 23 heavy (non-hydrogen) atoms. The molecule has 0 bridgehead atoms. The van der Waals surface area contributed by atoms with Gasteiger partial charge in [0.2, 0.25) is 0 Å². The highest BCUT2D eigenvalue weighted by atomic mass is 16.5. The second kappa shape index (κ2) is 8.50. The number of amides is 2. The van der Waals surface area contributed by atoms with Crippen LogP contribution in [0.2, 0.25) is 0 Å². The van der Waals surface area contributed by atoms with Gasteiger partial charge in [-0.05, 0) is 29.8 Å². The van der Waals surface area contributed by atoms with E-state index >= 15 is 0 Å². The number of benzene rings is 2. The first-order valence-corrected chi connectivity index (χ1v) is 7.35. The quantitative estimate of drug-likeness (QED) is 0.883. The number of ether oxygens (including phenoxy) is 1. The fraction of sp³-hybridized carbons (Fsp3) is 0.211. The van der Waals surface area contributed by atoms with Crippen LogP contribution >= 0.6 is 0 Å². The number of nitrogens with zero attached hydrogens (tertiary/aromatic N) is 1. The summed E-state index contributed by atoms with van der Waals surface area (Å²) in [5.74, 6) is 6.73. The number of urea groups is 1. The molecule has 0 aliphatic heterocycles. The maximum Gasteiger partial charge on any atom is 0.318 e. The summed E-state index contributed by atoms with van der Waals surface area (Å²) in [7, 11) is 3.38. The molecule has 2 aromatic rings. The van der Waals surface area contributed by atoms with Crippen LogP contribution in [0.4, 0.5) is 4.79 Å². The average Bonchev–Trinajstić information content (AvgIpc) is 2.59. The second-order valence-corrected chi connectivity index (χ2v) is 5.03. The van der Waals surface area contributed by atoms with Crippen LogP contribution in [0.5, 0.6) is 5.75 Å². The van der Waals surface area contributed by atoms with Crippen LogP contribution in [-0.4, -0.2) is 31.6 Å². The summed E-state index contributed by atoms with van der Waals surface area (Å²) in [6.07, 6.45) is 0. The van der Waals surface area contributed by atoms with E-state index in [1.54, 1.807) is 19.1 Å². The molecule has 4 heteroatoms. The molecule has 0 aromatic heterocycles. The molecule has 0 heterocycles. The topological polar surface area (TPSA) is 41.6 Å². The number of hydrogen-bond donors (Lipinski definition) is 1. The minimum Gasteiger partial charge on any atom is -0.497 e. The molecule has 2 rings (SSSR count). The number of methoxy groups -OCH3 is 1. The molecule has 0 spiro atoms. The first-order valence-electron chi connectivity index (χ1n) is 7.35. The minimum absolute atomic E-state index is 0.157. The lowest BCUT2D eigenvalue weighted by Gasteiger charge is -2.17. The van der Waals surface area contributed by atoms with Crippen molar-refractivity contribution in [2.45, 2.75) is 6.54 Å². The highest BCUT2D eigenvalue weighted by Gasteiger charge is 2.08. The zero-order valence-corrected chi connectivity index (χ0v) is 13.4. The first kappa shape index (κ1) is 16.4. The van der Waals surface area contributed by atoms with Crippen molar-refractivity contribution >= 4 is 6.03 Å². The van der Waals surface area contributed by atoms with Gasteiger partial charge >= 0.3 is 6.03 Å². The van der Waals surface area contributed by atoms with Crippen molar-refractivity contribution < 1.29 is 9.53 Å². The van der Waals surface area contributed by atoms with Gasteiger partial charge in [0.1, 0.15) is 5.75 Å². The standard InChI is InChI=1S/C19H20N2O2/c1-21(15-17-10-6-12-18(14-17)23-2)19(22)20-13-7-11-16-8-4-3-5-9-16/h3-6,8-10,12,14H,13,15H2,1-2H3,(H,20,22). The third-order valence-corrected chi connectivity index (χ3v) is 3.24. The normalized spacial score (nSPS) is 9.48. The Balaban J connectivity index is 1.82. The van der Waals surface area contributed by atoms with Crippen LogP contribution in [0.15, 0.2) is 54.6 Å². The predicted octanol–water partition coefficient (Wildman–Crippen LogP) is 2.89. The Bertz CT molecular complexity index is 702. The van der Waals surface area contributed by atoms with E-state index in [0.717, 1.165) is 16.9 Å². The van der Waals surface area contributed by atoms with E-state index in [1.165, 1.54) is 0 Å². The molecule has 0 unspecified atom stereocenters. The fourth-order valence-electron chi connectivity index (χ4n) is 2.04. The Kier molecular flexibility index (Phi) is 6.07. The molecule has 1 N–H and O–H groups in total. The van der Waals surface area contributed by atoms with Crippen molar-refractivity contribution in [3.8, 4) is 17.6 Å². The summed E-state index contributed by atoms with van der Waals surface area (Å²) >= 11 is 0. The zero-order valence-electron chi connectivity index (χ0n) is 13.4. The van der Waals surface area contributed by atoms with E-state index in [4.69, 9.17) is 4.74 Å². The van der Waals surface area contributed by atoms with Gasteiger partial charge in [-0.15, -0.1) is 0 Å². The van der Waals surface area contributed by atoms with Gasteiger partial charge in [-0.1, -0.05) is 42.2 Å². The maximum atomic E-state index is 12.0. The summed E-state index contributed by atoms with van der Waals surface area (Å²) in [6.45, 7) is 0.825. The van der Waals surface area contributed by atoms with Gasteiger partial charge < -0.3 is 15.0 Å². The van der Waals surface area contributed by atoms with Gasteiger partial charge in [0.05, 0.1) is 13.7 Å². The lowest BCUT2D eigenvalue weighted by molar-refractivity contribution is 0.208. The minimum atomic E-state index is -0.157. The summed E-state index contributed by atoms with van der Waals surface area (Å²) in [6, 6.07) is 17.2. The van der Waals surface area contributed by atoms with Crippen LogP contribution < -0.4 is 10.1 Å². The van der Waals surface area contributed by atoms with Gasteiger partial charge in [-0.25, -0.2) is 4.79 Å². The largest absolute Gasteiger partial charge is 0.497 e. The van der Waals surface area contributed by atoms with Gasteiger partial charge in [0.25, 0.3) is 0 Å². The number of rotatable bonds is 4. The number of carbonyl (C=O) groups is 1. The Morgan fingerprint density at radius 2 is 1.96 bits per heavy atom. The first-order chi connectivity index (χ1) is 11.2. The Morgan fingerprint density at radius 3 is 2.70 bits per heavy atom. The van der Waals surface area contributed by atoms with Crippen molar-refractivity contribution in [2.75, 3.05) is 20.7 Å². The number of nitrogens with one attached hydrogen (secondary N) is 1. The SMILES string of the molecule is COc1cccc(CN(C)C(=O)NCC#Cc2ccccc2)c1. The van der Waals surface area contributed by atoms with Crippen molar-refractivity contribution in [1.29, 1.82) is 0 Å². The van der Waals surface area contributed by atoms with Crippen molar-refractivity contribution in [2.24, 2.45) is 0 Å². The second-order valence-electron chi connectivity index (χ2n) is 5.03. The lowest BCUT2D eigenvalue weighted by Crippen LogP contribution is -2.36. The third-order valence-electron chi connectivity index (χ3n) is 3.24. The van der Waals surface area contributed by atoms with E-state index in [-0.39, 0.29) is 6.03 Å². The Morgan fingerprint density at radius 1 is 1.17 bits per heavy atom. The number of carbonyl (C=O) groups excluding carboxylic acids is 1. The van der Waals surface area contributed by atoms with Crippen LogP contribution in [0.3, 0.4) is 0 Å². The van der Waals surface area contributed by atoms with Gasteiger partial charge in [-0.2, -0.15) is 0 Å². The zero-order chi connectivity index (χ0) is 16.5. The molecular weight excluding hydrogens is 288 g/mol. The van der Waals surface area contributed by atoms with Crippen LogP contribution in [0.1, 0.15) is 11.1 Å². The smallest absolute Gasteiger partial charge is 0.318 e. The molecule has 0 saturated heterocycles. The summed E-state index contributed by atoms with van der Waals surface area (Å²) in [5, 5.41) is 2.78. The third kappa shape index (κ3) is 5.40. The molecular formula is C19H20N2O2. The van der Waals surface area contributed by atoms with Gasteiger partial charge in [-0.3, -0.25) is 0 Å². The van der Waals surface area contributed by atoms with Crippen LogP contribution in [0, 0.1) is 11.8 Å². The average molecular weight is 308 g/mol. The van der Waals surface area contributed by atoms with Crippen molar-refractivity contribution in [1.82, 2.24) is 10.2 Å². The van der Waals surface area contributed by atoms with E-state index in [9.17, 15) is 4.79 Å². The van der Waals surface area contributed by atoms with Crippen molar-refractivity contribution in [3.63, 3.8) is 0 Å². The van der Waals surface area contributed by atoms with E-state index < -0.39 is 0 Å². The summed E-state index contributed by atoms with van der Waals surface area (Å²) in [5.41, 5.74) is 1.95. The summed E-state index contributed by atoms with van der Waals surface area (Å²) < 4.78 is 5.18. The van der Waals surface area contributed by atoms with Gasteiger partial charge in [0.15, 0.2) is 0 Å². The highest BCUT2D eigenvalue weighted by molar-refractivity contribution is 5.74. The van der Waals surface area contributed by atoms with Crippen LogP contribution in [-0.2, 0) is 6.54 Å². The molecule has 118 valence electrons. The lowest BCUT2D eigenvalue weighted by atomic mass is 10.2. The molecule has 0 aliphatic rings. The van der Waals surface area contributed by atoms with Gasteiger partial charge in [0, 0.05) is 19.2 Å². The molecule has 0 fully saturated rings. The van der Waals surface area contributed by atoms with E-state index in [0.29, 0.717) is 13.1 Å². The molecule has 0 saturated carbocycles. The molecule has 2 amide bonds. The Labute approximate surface area is 137 Å². The molecule has 2 aromatic carbocycles. The molecule has 0 atom stereocenters. The number of hydrogen-bond acceptors (Lipinski definition) is 2. The molecule has 4 nitrogen and oxygen atoms in total. The van der Waals surface area contributed by atoms with Crippen LogP contribution in [0.25, 0.3) is 0 Å².